The second-order valence-corrected chi connectivity index (χ2v) is 11.0. The Hall–Kier alpha value is -2.67. The van der Waals surface area contributed by atoms with E-state index in [1.807, 2.05) is 86.6 Å². The molecule has 1 amide bonds. The monoisotopic (exact) mass is 468 g/mol. The van der Waals surface area contributed by atoms with Crippen LogP contribution in [0.1, 0.15) is 54.1 Å². The first-order chi connectivity index (χ1) is 15.2. The van der Waals surface area contributed by atoms with Crippen molar-refractivity contribution in [2.24, 2.45) is 5.73 Å². The summed E-state index contributed by atoms with van der Waals surface area (Å²) in [6.07, 6.45) is 0. The third kappa shape index (κ3) is 3.43. The maximum absolute atomic E-state index is 13.0. The average molecular weight is 469 g/mol. The lowest BCUT2D eigenvalue weighted by Gasteiger charge is -2.51. The van der Waals surface area contributed by atoms with Crippen molar-refractivity contribution < 1.29 is 13.2 Å². The van der Waals surface area contributed by atoms with Crippen molar-refractivity contribution in [3.8, 4) is 0 Å². The number of carbonyl (C=O) groups is 1. The van der Waals surface area contributed by atoms with Crippen LogP contribution in [0.15, 0.2) is 84.9 Å². The van der Waals surface area contributed by atoms with Crippen LogP contribution in [0.5, 0.6) is 0 Å². The molecule has 0 radical (unpaired) electrons. The van der Waals surface area contributed by atoms with Crippen LogP contribution in [0.2, 0.25) is 0 Å². The van der Waals surface area contributed by atoms with E-state index in [0.29, 0.717) is 11.1 Å². The highest BCUT2D eigenvalue weighted by Crippen LogP contribution is 2.55. The molecule has 32 heavy (non-hydrogen) atoms. The van der Waals surface area contributed by atoms with Gasteiger partial charge in [-0.2, -0.15) is 0 Å². The van der Waals surface area contributed by atoms with Gasteiger partial charge in [-0.15, -0.1) is 0 Å². The van der Waals surface area contributed by atoms with E-state index in [1.165, 1.54) is 4.90 Å². The van der Waals surface area contributed by atoms with E-state index in [2.05, 4.69) is 0 Å². The maximum atomic E-state index is 13.0. The summed E-state index contributed by atoms with van der Waals surface area (Å²) in [7, 11) is -4.31. The van der Waals surface area contributed by atoms with Crippen molar-refractivity contribution in [2.45, 2.75) is 36.2 Å². The fraction of sp³-hybridized carbons (Fsp3) is 0.240. The Morgan fingerprint density at radius 2 is 1.31 bits per heavy atom. The SMILES string of the molecule is CC(C)c1ccc(C2(Cl)N([C@@H](c3ccccc3)[C@@H](N)c3ccccc3)C(=O)S2(=O)=O)cc1. The Labute approximate surface area is 193 Å². The van der Waals surface area contributed by atoms with Crippen LogP contribution in [-0.2, 0) is 14.2 Å². The summed E-state index contributed by atoms with van der Waals surface area (Å²) in [5.41, 5.74) is 9.49. The molecule has 1 aliphatic heterocycles. The number of rotatable bonds is 6. The molecule has 3 atom stereocenters. The number of benzene rings is 3. The summed E-state index contributed by atoms with van der Waals surface area (Å²) in [6.45, 7) is 4.09. The Balaban J connectivity index is 1.86. The predicted octanol–water partition coefficient (Wildman–Crippen LogP) is 5.45. The second-order valence-electron chi connectivity index (χ2n) is 8.27. The molecule has 3 aromatic carbocycles. The highest BCUT2D eigenvalue weighted by Gasteiger charge is 2.69. The summed E-state index contributed by atoms with van der Waals surface area (Å²) < 4.78 is 24.0. The standard InChI is InChI=1S/C25H25ClN2O3S/c1-17(2)18-13-15-21(16-14-18)25(26)28(24(29)32(25,30)31)23(20-11-7-4-8-12-20)22(27)19-9-5-3-6-10-19/h3-17,22-23H,27H2,1-2H3/t22-,23-,25?/m0/s1. The Morgan fingerprint density at radius 1 is 0.812 bits per heavy atom. The Bertz CT molecular complexity index is 1220. The van der Waals surface area contributed by atoms with Gasteiger partial charge in [-0.1, -0.05) is 110 Å². The number of alkyl halides is 1. The Kier molecular flexibility index (Phi) is 5.88. The molecule has 1 aliphatic rings. The molecule has 7 heteroatoms. The number of amides is 1. The largest absolute Gasteiger partial charge is 0.346 e. The van der Waals surface area contributed by atoms with Crippen LogP contribution in [0.4, 0.5) is 4.79 Å². The van der Waals surface area contributed by atoms with Gasteiger partial charge in [0.15, 0.2) is 0 Å². The van der Waals surface area contributed by atoms with Crippen molar-refractivity contribution in [3.05, 3.63) is 107 Å². The summed E-state index contributed by atoms with van der Waals surface area (Å²) in [4.78, 5) is 14.2. The lowest BCUT2D eigenvalue weighted by molar-refractivity contribution is 0.140. The summed E-state index contributed by atoms with van der Waals surface area (Å²) in [5.74, 6) is 0.273. The van der Waals surface area contributed by atoms with E-state index in [4.69, 9.17) is 17.3 Å². The quantitative estimate of drug-likeness (QED) is 0.385. The van der Waals surface area contributed by atoms with Gasteiger partial charge in [0.05, 0.1) is 12.1 Å². The molecular weight excluding hydrogens is 444 g/mol. The zero-order valence-electron chi connectivity index (χ0n) is 17.9. The average Bonchev–Trinajstić information content (AvgIpc) is 2.82. The van der Waals surface area contributed by atoms with E-state index >= 15 is 0 Å². The highest BCUT2D eigenvalue weighted by atomic mass is 35.5. The number of carbonyl (C=O) groups excluding carboxylic acids is 1. The molecule has 0 aliphatic carbocycles. The zero-order valence-corrected chi connectivity index (χ0v) is 19.4. The molecule has 2 N–H and O–H groups in total. The molecule has 1 unspecified atom stereocenters. The number of sulfone groups is 1. The fourth-order valence-corrected chi connectivity index (χ4v) is 6.20. The van der Waals surface area contributed by atoms with Gasteiger partial charge in [-0.25, -0.2) is 8.42 Å². The van der Waals surface area contributed by atoms with Crippen molar-refractivity contribution in [3.63, 3.8) is 0 Å². The molecule has 0 spiro atoms. The van der Waals surface area contributed by atoms with Gasteiger partial charge in [-0.05, 0) is 22.6 Å². The number of nitrogens with zero attached hydrogens (tertiary/aromatic N) is 1. The predicted molar refractivity (Wildman–Crippen MR) is 127 cm³/mol. The van der Waals surface area contributed by atoms with E-state index < -0.39 is 31.5 Å². The van der Waals surface area contributed by atoms with Crippen LogP contribution < -0.4 is 5.73 Å². The zero-order chi connectivity index (χ0) is 23.1. The summed E-state index contributed by atoms with van der Waals surface area (Å²) in [6, 6.07) is 24.0. The topological polar surface area (TPSA) is 80.5 Å². The van der Waals surface area contributed by atoms with Gasteiger partial charge in [-0.3, -0.25) is 9.69 Å². The third-order valence-corrected chi connectivity index (χ3v) is 8.78. The van der Waals surface area contributed by atoms with Crippen molar-refractivity contribution in [2.75, 3.05) is 0 Å². The molecule has 1 fully saturated rings. The van der Waals surface area contributed by atoms with Crippen LogP contribution in [0, 0.1) is 0 Å². The second kappa shape index (κ2) is 8.35. The van der Waals surface area contributed by atoms with Crippen LogP contribution in [-0.4, -0.2) is 18.6 Å². The van der Waals surface area contributed by atoms with E-state index in [1.54, 1.807) is 12.1 Å². The molecule has 3 aromatic rings. The molecule has 0 saturated carbocycles. The van der Waals surface area contributed by atoms with Crippen molar-refractivity contribution in [1.82, 2.24) is 4.90 Å². The first kappa shape index (κ1) is 22.5. The van der Waals surface area contributed by atoms with Gasteiger partial charge in [0.25, 0.3) is 14.2 Å². The third-order valence-electron chi connectivity index (χ3n) is 5.97. The molecule has 0 bridgehead atoms. The number of halogens is 1. The van der Waals surface area contributed by atoms with Crippen LogP contribution in [0.3, 0.4) is 0 Å². The van der Waals surface area contributed by atoms with E-state index in [9.17, 15) is 13.2 Å². The minimum absolute atomic E-state index is 0.273. The van der Waals surface area contributed by atoms with Gasteiger partial charge >= 0.3 is 5.24 Å². The maximum Gasteiger partial charge on any atom is 0.346 e. The molecule has 0 aromatic heterocycles. The van der Waals surface area contributed by atoms with Gasteiger partial charge < -0.3 is 5.73 Å². The van der Waals surface area contributed by atoms with E-state index in [0.717, 1.165) is 11.1 Å². The molecular formula is C25H25ClN2O3S. The van der Waals surface area contributed by atoms with E-state index in [-0.39, 0.29) is 5.92 Å². The van der Waals surface area contributed by atoms with Crippen LogP contribution in [0.25, 0.3) is 0 Å². The summed E-state index contributed by atoms with van der Waals surface area (Å²) in [5, 5.41) is -1.03. The first-order valence-corrected chi connectivity index (χ1v) is 12.3. The molecule has 5 nitrogen and oxygen atoms in total. The minimum Gasteiger partial charge on any atom is -0.322 e. The lowest BCUT2D eigenvalue weighted by Crippen LogP contribution is -2.67. The van der Waals surface area contributed by atoms with Crippen molar-refractivity contribution >= 4 is 26.7 Å². The first-order valence-electron chi connectivity index (χ1n) is 10.4. The fourth-order valence-electron chi connectivity index (χ4n) is 4.14. The molecule has 166 valence electrons. The lowest BCUT2D eigenvalue weighted by atomic mass is 9.92. The normalized spacial score (nSPS) is 21.8. The molecule has 1 saturated heterocycles. The molecule has 4 rings (SSSR count). The smallest absolute Gasteiger partial charge is 0.322 e. The van der Waals surface area contributed by atoms with Crippen LogP contribution >= 0.6 is 11.6 Å². The van der Waals surface area contributed by atoms with Gasteiger partial charge in [0, 0.05) is 5.56 Å². The van der Waals surface area contributed by atoms with Gasteiger partial charge in [0.1, 0.15) is 0 Å². The Morgan fingerprint density at radius 3 is 1.81 bits per heavy atom. The number of nitrogens with two attached hydrogens (primary N) is 1. The number of hydrogen-bond donors (Lipinski definition) is 1. The van der Waals surface area contributed by atoms with Gasteiger partial charge in [0.2, 0.25) is 0 Å². The number of hydrogen-bond acceptors (Lipinski definition) is 4. The minimum atomic E-state index is -4.31. The van der Waals surface area contributed by atoms with Crippen molar-refractivity contribution in [1.29, 1.82) is 0 Å². The molecule has 1 heterocycles. The summed E-state index contributed by atoms with van der Waals surface area (Å²) >= 11 is 6.86. The highest BCUT2D eigenvalue weighted by molar-refractivity contribution is 8.09.